The molecule has 0 spiro atoms. The van der Waals surface area contributed by atoms with E-state index >= 15 is 0 Å². The summed E-state index contributed by atoms with van der Waals surface area (Å²) in [4.78, 5) is 1.40. The molecule has 0 fully saturated rings. The normalized spacial score (nSPS) is 12.9. The SMILES string of the molecule is COCOc1c(-c2ccccc2)cccc1[S@](=O)C(C)(C)C.COCOc1c(-c2ccccc2)cccc1[S@](=O)C(C)(C)C. The minimum atomic E-state index is -1.18. The van der Waals surface area contributed by atoms with E-state index in [1.165, 1.54) is 0 Å². The summed E-state index contributed by atoms with van der Waals surface area (Å²) in [7, 11) is 0.789. The van der Waals surface area contributed by atoms with E-state index in [0.717, 1.165) is 22.3 Å². The second-order valence-electron chi connectivity index (χ2n) is 11.9. The van der Waals surface area contributed by atoms with Gasteiger partial charge in [-0.05, 0) is 64.8 Å². The van der Waals surface area contributed by atoms with Crippen molar-refractivity contribution in [3.63, 3.8) is 0 Å². The number of methoxy groups -OCH3 is 2. The summed E-state index contributed by atoms with van der Waals surface area (Å²) in [5.74, 6) is 1.26. The number of para-hydroxylation sites is 2. The monoisotopic (exact) mass is 636 g/mol. The largest absolute Gasteiger partial charge is 0.466 e. The third-order valence-corrected chi connectivity index (χ3v) is 9.95. The van der Waals surface area contributed by atoms with Crippen molar-refractivity contribution in [3.05, 3.63) is 97.1 Å². The van der Waals surface area contributed by atoms with Crippen molar-refractivity contribution in [2.45, 2.75) is 60.8 Å². The van der Waals surface area contributed by atoms with Crippen molar-refractivity contribution in [3.8, 4) is 33.8 Å². The van der Waals surface area contributed by atoms with E-state index in [9.17, 15) is 8.42 Å². The molecular weight excluding hydrogens is 593 g/mol. The van der Waals surface area contributed by atoms with Gasteiger partial charge in [0.15, 0.2) is 13.6 Å². The van der Waals surface area contributed by atoms with E-state index < -0.39 is 21.6 Å². The Morgan fingerprint density at radius 3 is 1.14 bits per heavy atom. The molecule has 0 heterocycles. The average molecular weight is 637 g/mol. The van der Waals surface area contributed by atoms with Gasteiger partial charge in [-0.2, -0.15) is 0 Å². The summed E-state index contributed by atoms with van der Waals surface area (Å²) in [5.41, 5.74) is 3.91. The summed E-state index contributed by atoms with van der Waals surface area (Å²) >= 11 is 0. The van der Waals surface area contributed by atoms with Crippen molar-refractivity contribution in [2.75, 3.05) is 27.8 Å². The third-order valence-electron chi connectivity index (χ3n) is 6.28. The zero-order valence-corrected chi connectivity index (χ0v) is 28.6. The highest BCUT2D eigenvalue weighted by molar-refractivity contribution is 7.86. The maximum Gasteiger partial charge on any atom is 0.188 e. The van der Waals surface area contributed by atoms with Crippen LogP contribution in [-0.2, 0) is 31.1 Å². The van der Waals surface area contributed by atoms with Crippen molar-refractivity contribution < 1.29 is 27.4 Å². The van der Waals surface area contributed by atoms with Gasteiger partial charge in [0.25, 0.3) is 0 Å². The van der Waals surface area contributed by atoms with E-state index in [1.54, 1.807) is 14.2 Å². The zero-order chi connectivity index (χ0) is 32.3. The molecule has 8 heteroatoms. The molecule has 0 amide bonds. The smallest absolute Gasteiger partial charge is 0.188 e. The first-order valence-corrected chi connectivity index (χ1v) is 16.6. The molecule has 0 aliphatic heterocycles. The number of hydrogen-bond acceptors (Lipinski definition) is 6. The molecule has 0 aliphatic rings. The highest BCUT2D eigenvalue weighted by Crippen LogP contribution is 2.39. The minimum absolute atomic E-state index is 0.123. The summed E-state index contributed by atoms with van der Waals surface area (Å²) in [5, 5.41) is 0. The average Bonchev–Trinajstić information content (AvgIpc) is 3.02. The molecule has 0 aliphatic carbocycles. The fourth-order valence-corrected chi connectivity index (χ4v) is 6.61. The van der Waals surface area contributed by atoms with Gasteiger partial charge >= 0.3 is 0 Å². The Balaban J connectivity index is 0.000000240. The van der Waals surface area contributed by atoms with Gasteiger partial charge in [0.1, 0.15) is 11.5 Å². The van der Waals surface area contributed by atoms with Gasteiger partial charge in [-0.15, -0.1) is 0 Å². The molecule has 0 unspecified atom stereocenters. The van der Waals surface area contributed by atoms with Crippen LogP contribution in [-0.4, -0.2) is 45.7 Å². The first-order chi connectivity index (χ1) is 20.9. The summed E-state index contributed by atoms with van der Waals surface area (Å²) in [6.45, 7) is 12.0. The van der Waals surface area contributed by atoms with Gasteiger partial charge < -0.3 is 18.9 Å². The third kappa shape index (κ3) is 9.35. The second-order valence-corrected chi connectivity index (χ2v) is 16.3. The van der Waals surface area contributed by atoms with Crippen LogP contribution in [0.15, 0.2) is 107 Å². The van der Waals surface area contributed by atoms with Crippen LogP contribution < -0.4 is 9.47 Å². The topological polar surface area (TPSA) is 71.1 Å². The van der Waals surface area contributed by atoms with E-state index in [4.69, 9.17) is 18.9 Å². The fraction of sp³-hybridized carbons (Fsp3) is 0.333. The quantitative estimate of drug-likeness (QED) is 0.163. The molecule has 4 rings (SSSR count). The van der Waals surface area contributed by atoms with Crippen molar-refractivity contribution in [2.24, 2.45) is 0 Å². The molecule has 0 saturated carbocycles. The molecule has 44 heavy (non-hydrogen) atoms. The number of rotatable bonds is 10. The molecule has 4 aromatic carbocycles. The predicted octanol–water partition coefficient (Wildman–Crippen LogP) is 8.48. The highest BCUT2D eigenvalue weighted by atomic mass is 32.2. The van der Waals surface area contributed by atoms with E-state index in [-0.39, 0.29) is 23.1 Å². The second kappa shape index (κ2) is 16.1. The van der Waals surface area contributed by atoms with Crippen LogP contribution in [0, 0.1) is 0 Å². The van der Waals surface area contributed by atoms with Gasteiger partial charge in [-0.1, -0.05) is 84.9 Å². The summed E-state index contributed by atoms with van der Waals surface area (Å²) in [6.07, 6.45) is 0. The van der Waals surface area contributed by atoms with Crippen LogP contribution in [0.1, 0.15) is 41.5 Å². The van der Waals surface area contributed by atoms with Crippen molar-refractivity contribution in [1.82, 2.24) is 0 Å². The van der Waals surface area contributed by atoms with Crippen LogP contribution in [0.4, 0.5) is 0 Å². The zero-order valence-electron chi connectivity index (χ0n) is 26.9. The molecular formula is C36H44O6S2. The summed E-state index contributed by atoms with van der Waals surface area (Å²) in [6, 6.07) is 31.4. The Morgan fingerprint density at radius 1 is 0.500 bits per heavy atom. The van der Waals surface area contributed by atoms with Crippen LogP contribution in [0.2, 0.25) is 0 Å². The number of benzene rings is 4. The Hall–Kier alpha value is -3.30. The van der Waals surface area contributed by atoms with Crippen LogP contribution in [0.25, 0.3) is 22.3 Å². The Morgan fingerprint density at radius 2 is 0.841 bits per heavy atom. The first-order valence-electron chi connectivity index (χ1n) is 14.3. The Labute approximate surface area is 267 Å². The number of hydrogen-bond donors (Lipinski definition) is 0. The number of ether oxygens (including phenoxy) is 4. The van der Waals surface area contributed by atoms with Gasteiger partial charge in [0.05, 0.1) is 31.4 Å². The van der Waals surface area contributed by atoms with Gasteiger partial charge in [-0.3, -0.25) is 8.42 Å². The summed E-state index contributed by atoms with van der Waals surface area (Å²) < 4.78 is 46.5. The standard InChI is InChI=1S/2C18H22O3S/c2*1-18(2,3)22(19)16-12-8-11-15(17(16)21-13-20-4)14-9-6-5-7-10-14/h2*5-12H,13H2,1-4H3/t2*22-/m00/s1. The molecule has 0 radical (unpaired) electrons. The Kier molecular flexibility index (Phi) is 12.9. The first kappa shape index (κ1) is 35.2. The fourth-order valence-electron chi connectivity index (χ4n) is 4.21. The van der Waals surface area contributed by atoms with E-state index in [1.807, 2.05) is 139 Å². The van der Waals surface area contributed by atoms with Gasteiger partial charge in [0, 0.05) is 34.8 Å². The molecule has 4 aromatic rings. The molecule has 236 valence electrons. The lowest BCUT2D eigenvalue weighted by Gasteiger charge is -2.21. The van der Waals surface area contributed by atoms with Crippen molar-refractivity contribution >= 4 is 21.6 Å². The van der Waals surface area contributed by atoms with Gasteiger partial charge in [-0.25, -0.2) is 0 Å². The molecule has 6 nitrogen and oxygen atoms in total. The Bertz CT molecular complexity index is 1410. The van der Waals surface area contributed by atoms with Crippen molar-refractivity contribution in [1.29, 1.82) is 0 Å². The minimum Gasteiger partial charge on any atom is -0.466 e. The maximum atomic E-state index is 12.8. The van der Waals surface area contributed by atoms with Gasteiger partial charge in [0.2, 0.25) is 0 Å². The maximum absolute atomic E-state index is 12.8. The molecule has 2 atom stereocenters. The van der Waals surface area contributed by atoms with Crippen LogP contribution >= 0.6 is 0 Å². The highest BCUT2D eigenvalue weighted by Gasteiger charge is 2.27. The lowest BCUT2D eigenvalue weighted by molar-refractivity contribution is 0.0493. The van der Waals surface area contributed by atoms with E-state index in [2.05, 4.69) is 0 Å². The van der Waals surface area contributed by atoms with E-state index in [0.29, 0.717) is 21.3 Å². The molecule has 0 N–H and O–H groups in total. The van der Waals surface area contributed by atoms with Crippen LogP contribution in [0.3, 0.4) is 0 Å². The molecule has 0 aromatic heterocycles. The molecule has 0 saturated heterocycles. The lowest BCUT2D eigenvalue weighted by Crippen LogP contribution is -2.22. The molecule has 0 bridgehead atoms. The lowest BCUT2D eigenvalue weighted by atomic mass is 10.0. The predicted molar refractivity (Wildman–Crippen MR) is 181 cm³/mol. The van der Waals surface area contributed by atoms with Crippen LogP contribution in [0.5, 0.6) is 11.5 Å².